The van der Waals surface area contributed by atoms with Crippen molar-refractivity contribution in [2.75, 3.05) is 0 Å². The summed E-state index contributed by atoms with van der Waals surface area (Å²) in [6.45, 7) is 0.454. The highest BCUT2D eigenvalue weighted by Gasteiger charge is 2.29. The van der Waals surface area contributed by atoms with Crippen molar-refractivity contribution in [3.05, 3.63) is 52.5 Å². The summed E-state index contributed by atoms with van der Waals surface area (Å²) in [4.78, 5) is 13.3. The lowest BCUT2D eigenvalue weighted by molar-refractivity contribution is 0.664. The van der Waals surface area contributed by atoms with Gasteiger partial charge in [0.15, 0.2) is 5.82 Å². The molecule has 6 nitrogen and oxygen atoms in total. The molecule has 0 radical (unpaired) electrons. The van der Waals surface area contributed by atoms with Crippen LogP contribution >= 0.6 is 0 Å². The van der Waals surface area contributed by atoms with Crippen molar-refractivity contribution in [3.63, 3.8) is 0 Å². The van der Waals surface area contributed by atoms with Gasteiger partial charge in [-0.2, -0.15) is 0 Å². The van der Waals surface area contributed by atoms with Crippen LogP contribution in [0.1, 0.15) is 56.1 Å². The topological polar surface area (TPSA) is 57.6 Å². The second kappa shape index (κ2) is 5.97. The van der Waals surface area contributed by atoms with E-state index in [9.17, 15) is 4.79 Å². The molecular formula is C20H23N5O. The molecule has 0 amide bonds. The number of para-hydroxylation sites is 2. The number of nitrogens with zero attached hydrogens (tertiary/aromatic N) is 5. The van der Waals surface area contributed by atoms with Crippen LogP contribution in [-0.4, -0.2) is 23.9 Å². The number of benzene rings is 1. The predicted molar refractivity (Wildman–Crippen MR) is 101 cm³/mol. The minimum atomic E-state index is 0.0234. The van der Waals surface area contributed by atoms with Crippen LogP contribution in [-0.2, 0) is 13.6 Å². The van der Waals surface area contributed by atoms with Crippen molar-refractivity contribution < 1.29 is 0 Å². The number of hydrogen-bond donors (Lipinski definition) is 0. The van der Waals surface area contributed by atoms with E-state index in [2.05, 4.69) is 20.8 Å². The molecule has 5 rings (SSSR count). The Hall–Kier alpha value is -2.63. The van der Waals surface area contributed by atoms with Crippen LogP contribution in [0.25, 0.3) is 16.7 Å². The molecule has 1 fully saturated rings. The minimum Gasteiger partial charge on any atom is -0.316 e. The molecule has 0 saturated heterocycles. The summed E-state index contributed by atoms with van der Waals surface area (Å²) >= 11 is 0. The molecule has 0 bridgehead atoms. The van der Waals surface area contributed by atoms with Gasteiger partial charge in [-0.3, -0.25) is 9.13 Å². The number of fused-ring (bicyclic) bond motifs is 1. The highest BCUT2D eigenvalue weighted by Crippen LogP contribution is 2.38. The van der Waals surface area contributed by atoms with E-state index < -0.39 is 0 Å². The third-order valence-corrected chi connectivity index (χ3v) is 5.63. The monoisotopic (exact) mass is 349 g/mol. The zero-order valence-electron chi connectivity index (χ0n) is 15.1. The van der Waals surface area contributed by atoms with E-state index in [0.717, 1.165) is 47.6 Å². The van der Waals surface area contributed by atoms with Gasteiger partial charge in [0, 0.05) is 18.7 Å². The molecule has 0 spiro atoms. The molecule has 0 N–H and O–H groups in total. The van der Waals surface area contributed by atoms with Crippen LogP contribution in [0, 0.1) is 0 Å². The fraction of sp³-hybridized carbons (Fsp3) is 0.450. The largest absolute Gasteiger partial charge is 0.333 e. The summed E-state index contributed by atoms with van der Waals surface area (Å²) in [5.74, 6) is 2.44. The Morgan fingerprint density at radius 2 is 1.92 bits per heavy atom. The Labute approximate surface area is 151 Å². The van der Waals surface area contributed by atoms with Gasteiger partial charge >= 0.3 is 5.69 Å². The molecule has 0 aliphatic heterocycles. The van der Waals surface area contributed by atoms with E-state index in [-0.39, 0.29) is 5.69 Å². The van der Waals surface area contributed by atoms with Crippen LogP contribution in [0.3, 0.4) is 0 Å². The van der Waals surface area contributed by atoms with Crippen molar-refractivity contribution in [2.24, 2.45) is 7.05 Å². The molecule has 0 atom stereocenters. The van der Waals surface area contributed by atoms with Crippen LogP contribution in [0.2, 0.25) is 0 Å². The number of imidazole rings is 1. The molecule has 2 aliphatic rings. The lowest BCUT2D eigenvalue weighted by Crippen LogP contribution is -2.25. The van der Waals surface area contributed by atoms with Crippen molar-refractivity contribution >= 4 is 16.7 Å². The maximum atomic E-state index is 13.3. The molecule has 3 aromatic rings. The smallest absolute Gasteiger partial charge is 0.316 e. The quantitative estimate of drug-likeness (QED) is 0.726. The van der Waals surface area contributed by atoms with Gasteiger partial charge in [0.25, 0.3) is 0 Å². The zero-order chi connectivity index (χ0) is 17.7. The van der Waals surface area contributed by atoms with Crippen molar-refractivity contribution in [2.45, 2.75) is 51.0 Å². The summed E-state index contributed by atoms with van der Waals surface area (Å²) in [5, 5.41) is 8.73. The number of aromatic nitrogens is 5. The van der Waals surface area contributed by atoms with Crippen molar-refractivity contribution in [1.82, 2.24) is 23.9 Å². The third kappa shape index (κ3) is 2.43. The van der Waals surface area contributed by atoms with E-state index >= 15 is 0 Å². The highest BCUT2D eigenvalue weighted by molar-refractivity contribution is 5.80. The average Bonchev–Trinajstić information content (AvgIpc) is 3.39. The van der Waals surface area contributed by atoms with Crippen molar-refractivity contribution in [3.8, 4) is 0 Å². The number of hydrogen-bond acceptors (Lipinski definition) is 3. The first-order chi connectivity index (χ1) is 12.7. The molecular weight excluding hydrogens is 326 g/mol. The van der Waals surface area contributed by atoms with Gasteiger partial charge in [0.2, 0.25) is 0 Å². The first-order valence-corrected chi connectivity index (χ1v) is 9.52. The first-order valence-electron chi connectivity index (χ1n) is 9.52. The summed E-state index contributed by atoms with van der Waals surface area (Å²) in [6, 6.07) is 8.05. The zero-order valence-corrected chi connectivity index (χ0v) is 15.1. The molecule has 0 unspecified atom stereocenters. The lowest BCUT2D eigenvalue weighted by Gasteiger charge is -2.13. The Kier molecular flexibility index (Phi) is 3.58. The maximum absolute atomic E-state index is 13.3. The Morgan fingerprint density at radius 3 is 2.65 bits per heavy atom. The molecule has 2 aromatic heterocycles. The van der Waals surface area contributed by atoms with Crippen LogP contribution in [0.5, 0.6) is 0 Å². The molecule has 2 heterocycles. The van der Waals surface area contributed by atoms with Gasteiger partial charge in [0.1, 0.15) is 5.82 Å². The summed E-state index contributed by atoms with van der Waals surface area (Å²) in [5.41, 5.74) is 3.10. The highest BCUT2D eigenvalue weighted by atomic mass is 16.1. The lowest BCUT2D eigenvalue weighted by atomic mass is 10.0. The average molecular weight is 349 g/mol. The first kappa shape index (κ1) is 15.6. The third-order valence-electron chi connectivity index (χ3n) is 5.63. The second-order valence-corrected chi connectivity index (χ2v) is 7.44. The van der Waals surface area contributed by atoms with E-state index in [4.69, 9.17) is 0 Å². The summed E-state index contributed by atoms with van der Waals surface area (Å²) in [6.07, 6.45) is 8.97. The summed E-state index contributed by atoms with van der Waals surface area (Å²) < 4.78 is 5.80. The summed E-state index contributed by atoms with van der Waals surface area (Å²) in [7, 11) is 2.01. The van der Waals surface area contributed by atoms with Crippen LogP contribution < -0.4 is 5.69 Å². The van der Waals surface area contributed by atoms with Crippen LogP contribution in [0.4, 0.5) is 0 Å². The molecule has 26 heavy (non-hydrogen) atoms. The normalized spacial score (nSPS) is 17.7. The number of rotatable bonds is 4. The van der Waals surface area contributed by atoms with Gasteiger partial charge < -0.3 is 4.57 Å². The van der Waals surface area contributed by atoms with E-state index in [0.29, 0.717) is 12.5 Å². The van der Waals surface area contributed by atoms with E-state index in [1.54, 1.807) is 0 Å². The van der Waals surface area contributed by atoms with E-state index in [1.807, 2.05) is 40.4 Å². The van der Waals surface area contributed by atoms with Crippen molar-refractivity contribution in [1.29, 1.82) is 0 Å². The van der Waals surface area contributed by atoms with Gasteiger partial charge in [-0.05, 0) is 50.7 Å². The number of allylic oxidation sites excluding steroid dienone is 2. The fourth-order valence-electron chi connectivity index (χ4n) is 4.01. The fourth-order valence-corrected chi connectivity index (χ4v) is 4.01. The molecule has 1 aromatic carbocycles. The predicted octanol–water partition coefficient (Wildman–Crippen LogP) is 3.27. The van der Waals surface area contributed by atoms with E-state index in [1.165, 1.54) is 19.3 Å². The Balaban J connectivity index is 1.63. The molecule has 6 heteroatoms. The maximum Gasteiger partial charge on any atom is 0.333 e. The molecule has 134 valence electrons. The Bertz CT molecular complexity index is 1060. The molecule has 1 saturated carbocycles. The minimum absolute atomic E-state index is 0.0234. The Morgan fingerprint density at radius 1 is 1.12 bits per heavy atom. The van der Waals surface area contributed by atoms with Crippen LogP contribution in [0.15, 0.2) is 35.1 Å². The van der Waals surface area contributed by atoms with Gasteiger partial charge in [0.05, 0.1) is 17.6 Å². The molecule has 2 aliphatic carbocycles. The van der Waals surface area contributed by atoms with Gasteiger partial charge in [-0.25, -0.2) is 4.79 Å². The van der Waals surface area contributed by atoms with Gasteiger partial charge in [-0.15, -0.1) is 10.2 Å². The van der Waals surface area contributed by atoms with Gasteiger partial charge in [-0.1, -0.05) is 18.2 Å². The second-order valence-electron chi connectivity index (χ2n) is 7.44. The standard InChI is InChI=1S/C20H23N5O/c1-23-18(21-22-19(23)14-11-12-14)13-24-16-9-5-6-10-17(16)25(20(24)26)15-7-3-2-4-8-15/h5-7,9-10,14H,2-4,8,11-13H2,1H3. The SMILES string of the molecule is Cn1c(Cn2c(=O)n(C3=CCCCC3)c3ccccc32)nnc1C1CC1.